The van der Waals surface area contributed by atoms with Crippen molar-refractivity contribution in [3.8, 4) is 6.07 Å². The number of carbonyl (C=O) groups excluding carboxylic acids is 1. The predicted molar refractivity (Wildman–Crippen MR) is 118 cm³/mol. The number of aromatic nitrogens is 2. The zero-order valence-electron chi connectivity index (χ0n) is 18.4. The molecule has 7 nitrogen and oxygen atoms in total. The van der Waals surface area contributed by atoms with Crippen LogP contribution in [0.2, 0.25) is 0 Å². The van der Waals surface area contributed by atoms with Gasteiger partial charge in [-0.3, -0.25) is 9.69 Å². The first-order chi connectivity index (χ1) is 14.9. The number of halogens is 1. The number of aryl methyl sites for hydroxylation is 1. The Morgan fingerprint density at radius 3 is 2.48 bits per heavy atom. The molecule has 0 unspecified atom stereocenters. The molecular formula is C23H29FN6O. The highest BCUT2D eigenvalue weighted by Crippen LogP contribution is 2.20. The van der Waals surface area contributed by atoms with Crippen molar-refractivity contribution in [3.05, 3.63) is 47.7 Å². The van der Waals surface area contributed by atoms with E-state index in [9.17, 15) is 9.18 Å². The van der Waals surface area contributed by atoms with Crippen molar-refractivity contribution in [2.75, 3.05) is 49.1 Å². The molecule has 2 aromatic rings. The second-order valence-electron chi connectivity index (χ2n) is 8.07. The molecule has 1 aliphatic rings. The lowest BCUT2D eigenvalue weighted by Crippen LogP contribution is -2.50. The lowest BCUT2D eigenvalue weighted by atomic mass is 10.2. The van der Waals surface area contributed by atoms with Crippen molar-refractivity contribution in [2.24, 2.45) is 0 Å². The van der Waals surface area contributed by atoms with E-state index in [0.717, 1.165) is 43.5 Å². The number of amides is 1. The van der Waals surface area contributed by atoms with E-state index in [0.29, 0.717) is 12.2 Å². The Hall–Kier alpha value is -3.05. The first-order valence-electron chi connectivity index (χ1n) is 10.6. The second kappa shape index (κ2) is 10.3. The second-order valence-corrected chi connectivity index (χ2v) is 8.07. The zero-order valence-corrected chi connectivity index (χ0v) is 18.4. The fraction of sp³-hybridized carbons (Fsp3) is 0.478. The van der Waals surface area contributed by atoms with Gasteiger partial charge in [-0.25, -0.2) is 14.4 Å². The van der Waals surface area contributed by atoms with Crippen LogP contribution < -0.4 is 9.80 Å². The highest BCUT2D eigenvalue weighted by Gasteiger charge is 2.24. The highest BCUT2D eigenvalue weighted by atomic mass is 19.1. The Labute approximate surface area is 183 Å². The molecule has 0 N–H and O–H groups in total. The summed E-state index contributed by atoms with van der Waals surface area (Å²) in [7, 11) is 0. The van der Waals surface area contributed by atoms with Crippen LogP contribution in [-0.2, 0) is 4.79 Å². The van der Waals surface area contributed by atoms with Crippen molar-refractivity contribution < 1.29 is 9.18 Å². The van der Waals surface area contributed by atoms with Gasteiger partial charge in [0, 0.05) is 56.1 Å². The molecule has 1 saturated heterocycles. The number of piperazine rings is 1. The van der Waals surface area contributed by atoms with Crippen LogP contribution in [0.4, 0.5) is 15.9 Å². The number of hydrogen-bond acceptors (Lipinski definition) is 6. The summed E-state index contributed by atoms with van der Waals surface area (Å²) in [5.74, 6) is 1.61. The minimum atomic E-state index is -0.354. The Balaban J connectivity index is 1.62. The third kappa shape index (κ3) is 5.98. The maximum Gasteiger partial charge on any atom is 0.241 e. The van der Waals surface area contributed by atoms with Crippen molar-refractivity contribution in [1.82, 2.24) is 14.9 Å². The van der Waals surface area contributed by atoms with Crippen LogP contribution in [0, 0.1) is 24.1 Å². The topological polar surface area (TPSA) is 76.4 Å². The first kappa shape index (κ1) is 22.6. The molecule has 0 atom stereocenters. The minimum Gasteiger partial charge on any atom is -0.354 e. The lowest BCUT2D eigenvalue weighted by molar-refractivity contribution is -0.119. The smallest absolute Gasteiger partial charge is 0.241 e. The minimum absolute atomic E-state index is 0.0877. The zero-order chi connectivity index (χ0) is 22.4. The third-order valence-corrected chi connectivity index (χ3v) is 5.32. The van der Waals surface area contributed by atoms with E-state index < -0.39 is 0 Å². The summed E-state index contributed by atoms with van der Waals surface area (Å²) < 4.78 is 13.3. The van der Waals surface area contributed by atoms with Crippen LogP contribution in [0.25, 0.3) is 0 Å². The number of anilines is 2. The Kier molecular flexibility index (Phi) is 7.53. The van der Waals surface area contributed by atoms with Gasteiger partial charge < -0.3 is 9.80 Å². The molecule has 8 heteroatoms. The number of benzene rings is 1. The number of hydrogen-bond donors (Lipinski definition) is 0. The van der Waals surface area contributed by atoms with Gasteiger partial charge >= 0.3 is 0 Å². The molecule has 1 amide bonds. The average molecular weight is 425 g/mol. The maximum absolute atomic E-state index is 13.3. The van der Waals surface area contributed by atoms with Gasteiger partial charge in [0.1, 0.15) is 17.5 Å². The molecule has 31 heavy (non-hydrogen) atoms. The molecule has 1 aliphatic heterocycles. The van der Waals surface area contributed by atoms with Gasteiger partial charge in [0.15, 0.2) is 0 Å². The molecule has 1 aromatic heterocycles. The van der Waals surface area contributed by atoms with Crippen LogP contribution in [0.3, 0.4) is 0 Å². The molecule has 0 saturated carbocycles. The van der Waals surface area contributed by atoms with E-state index >= 15 is 0 Å². The van der Waals surface area contributed by atoms with Gasteiger partial charge in [0.25, 0.3) is 0 Å². The normalized spacial score (nSPS) is 14.5. The van der Waals surface area contributed by atoms with Crippen LogP contribution in [0.1, 0.15) is 37.7 Å². The molecule has 1 aromatic carbocycles. The Bertz CT molecular complexity index is 932. The highest BCUT2D eigenvalue weighted by molar-refractivity contribution is 5.94. The summed E-state index contributed by atoms with van der Waals surface area (Å²) in [5, 5.41) is 8.95. The third-order valence-electron chi connectivity index (χ3n) is 5.32. The van der Waals surface area contributed by atoms with Crippen LogP contribution in [0.15, 0.2) is 30.3 Å². The van der Waals surface area contributed by atoms with Gasteiger partial charge in [-0.05, 0) is 31.2 Å². The summed E-state index contributed by atoms with van der Waals surface area (Å²) in [5.41, 5.74) is 1.57. The van der Waals surface area contributed by atoms with Crippen LogP contribution in [-0.4, -0.2) is 60.0 Å². The summed E-state index contributed by atoms with van der Waals surface area (Å²) in [4.78, 5) is 28.1. The van der Waals surface area contributed by atoms with Crippen molar-refractivity contribution in [3.63, 3.8) is 0 Å². The summed E-state index contributed by atoms with van der Waals surface area (Å²) >= 11 is 0. The van der Waals surface area contributed by atoms with E-state index in [1.165, 1.54) is 12.1 Å². The first-order valence-corrected chi connectivity index (χ1v) is 10.6. The standard InChI is InChI=1S/C23H29FN6O/c1-17(2)23-26-18(3)15-21(27-23)29-13-11-28(12-14-29)16-22(31)30(10-4-9-25)20-7-5-19(24)6-8-20/h5-8,15,17H,4,10-14,16H2,1-3H3. The monoisotopic (exact) mass is 424 g/mol. The molecule has 0 bridgehead atoms. The van der Waals surface area contributed by atoms with Gasteiger partial charge in [0.2, 0.25) is 5.91 Å². The summed E-state index contributed by atoms with van der Waals surface area (Å²) in [6, 6.07) is 9.89. The van der Waals surface area contributed by atoms with Gasteiger partial charge in [-0.15, -0.1) is 0 Å². The molecule has 0 aliphatic carbocycles. The van der Waals surface area contributed by atoms with Crippen LogP contribution in [0.5, 0.6) is 0 Å². The van der Waals surface area contributed by atoms with Gasteiger partial charge in [-0.1, -0.05) is 13.8 Å². The van der Waals surface area contributed by atoms with Crippen molar-refractivity contribution in [1.29, 1.82) is 5.26 Å². The SMILES string of the molecule is Cc1cc(N2CCN(CC(=O)N(CCC#N)c3ccc(F)cc3)CC2)nc(C(C)C)n1. The van der Waals surface area contributed by atoms with Gasteiger partial charge in [0.05, 0.1) is 19.0 Å². The van der Waals surface area contributed by atoms with E-state index in [1.54, 1.807) is 17.0 Å². The largest absolute Gasteiger partial charge is 0.354 e. The van der Waals surface area contributed by atoms with E-state index in [-0.39, 0.29) is 30.6 Å². The fourth-order valence-electron chi connectivity index (χ4n) is 3.59. The Morgan fingerprint density at radius 2 is 1.87 bits per heavy atom. The van der Waals surface area contributed by atoms with E-state index in [4.69, 9.17) is 10.2 Å². The predicted octanol–water partition coefficient (Wildman–Crippen LogP) is 3.12. The maximum atomic E-state index is 13.3. The lowest BCUT2D eigenvalue weighted by Gasteiger charge is -2.36. The molecule has 164 valence electrons. The quantitative estimate of drug-likeness (QED) is 0.680. The molecule has 2 heterocycles. The number of nitriles is 1. The fourth-order valence-corrected chi connectivity index (χ4v) is 3.59. The summed E-state index contributed by atoms with van der Waals surface area (Å²) in [6.07, 6.45) is 0.224. The van der Waals surface area contributed by atoms with E-state index in [2.05, 4.69) is 34.7 Å². The summed E-state index contributed by atoms with van der Waals surface area (Å²) in [6.45, 7) is 9.73. The van der Waals surface area contributed by atoms with E-state index in [1.807, 2.05) is 13.0 Å². The van der Waals surface area contributed by atoms with Crippen molar-refractivity contribution in [2.45, 2.75) is 33.1 Å². The molecule has 1 fully saturated rings. The number of carbonyl (C=O) groups is 1. The number of rotatable bonds is 7. The van der Waals surface area contributed by atoms with Gasteiger partial charge in [-0.2, -0.15) is 5.26 Å². The van der Waals surface area contributed by atoms with Crippen LogP contribution >= 0.6 is 0 Å². The average Bonchev–Trinajstić information content (AvgIpc) is 2.75. The molecule has 0 radical (unpaired) electrons. The molecular weight excluding hydrogens is 395 g/mol. The van der Waals surface area contributed by atoms with Crippen molar-refractivity contribution >= 4 is 17.4 Å². The molecule has 0 spiro atoms. The Morgan fingerprint density at radius 1 is 1.19 bits per heavy atom. The number of nitrogens with zero attached hydrogens (tertiary/aromatic N) is 6. The molecule has 3 rings (SSSR count).